The van der Waals surface area contributed by atoms with Crippen molar-refractivity contribution in [2.75, 3.05) is 6.54 Å². The normalized spacial score (nSPS) is 10.1. The summed E-state index contributed by atoms with van der Waals surface area (Å²) in [6, 6.07) is 2.86. The van der Waals surface area contributed by atoms with Crippen molar-refractivity contribution in [3.8, 4) is 6.07 Å². The number of amides is 1. The molecule has 1 heterocycles. The summed E-state index contributed by atoms with van der Waals surface area (Å²) in [6.07, 6.45) is 4.68. The maximum atomic E-state index is 13.1. The second-order valence-electron chi connectivity index (χ2n) is 3.05. The molecule has 1 rings (SSSR count). The number of nitrogens with one attached hydrogen (secondary N) is 1. The summed E-state index contributed by atoms with van der Waals surface area (Å²) in [7, 11) is 0. The van der Waals surface area contributed by atoms with Gasteiger partial charge in [-0.2, -0.15) is 5.26 Å². The number of nitrogens with zero attached hydrogens (tertiary/aromatic N) is 2. The lowest BCUT2D eigenvalue weighted by Crippen LogP contribution is -2.19. The fourth-order valence-electron chi connectivity index (χ4n) is 1.02. The molecule has 0 aliphatic heterocycles. The Kier molecular flexibility index (Phi) is 4.16. The summed E-state index contributed by atoms with van der Waals surface area (Å²) in [5.74, 6) is -0.780. The van der Waals surface area contributed by atoms with Crippen molar-refractivity contribution < 1.29 is 9.18 Å². The number of hydrogen-bond donors (Lipinski definition) is 1. The second-order valence-corrected chi connectivity index (χ2v) is 3.05. The zero-order valence-corrected chi connectivity index (χ0v) is 8.70. The third-order valence-electron chi connectivity index (χ3n) is 1.75. The van der Waals surface area contributed by atoms with Gasteiger partial charge in [0.2, 0.25) is 5.91 Å². The molecule has 0 fully saturated rings. The number of rotatable bonds is 3. The van der Waals surface area contributed by atoms with Gasteiger partial charge in [-0.3, -0.25) is 4.79 Å². The van der Waals surface area contributed by atoms with Crippen LogP contribution in [-0.4, -0.2) is 17.4 Å². The topological polar surface area (TPSA) is 65.8 Å². The van der Waals surface area contributed by atoms with Crippen molar-refractivity contribution in [2.45, 2.75) is 6.92 Å². The third kappa shape index (κ3) is 3.50. The summed E-state index contributed by atoms with van der Waals surface area (Å²) in [4.78, 5) is 14.2. The van der Waals surface area contributed by atoms with Gasteiger partial charge in [-0.1, -0.05) is 12.2 Å². The molecule has 0 saturated heterocycles. The van der Waals surface area contributed by atoms with Gasteiger partial charge in [-0.25, -0.2) is 9.37 Å². The first-order valence-corrected chi connectivity index (χ1v) is 4.60. The minimum Gasteiger partial charge on any atom is -0.353 e. The van der Waals surface area contributed by atoms with Crippen molar-refractivity contribution in [2.24, 2.45) is 0 Å². The average molecular weight is 219 g/mol. The Balaban J connectivity index is 2.65. The lowest BCUT2D eigenvalue weighted by molar-refractivity contribution is -0.118. The molecule has 0 saturated carbocycles. The molecule has 0 atom stereocenters. The van der Waals surface area contributed by atoms with E-state index >= 15 is 0 Å². The molecule has 16 heavy (non-hydrogen) atoms. The van der Waals surface area contributed by atoms with Crippen LogP contribution in [0.5, 0.6) is 0 Å². The number of carbonyl (C=O) groups is 1. The van der Waals surface area contributed by atoms with E-state index in [0.717, 1.165) is 0 Å². The Labute approximate surface area is 92.4 Å². The molecule has 5 heteroatoms. The molecule has 0 bridgehead atoms. The zero-order chi connectivity index (χ0) is 12.0. The van der Waals surface area contributed by atoms with Crippen molar-refractivity contribution in [3.63, 3.8) is 0 Å². The van der Waals surface area contributed by atoms with Crippen LogP contribution in [-0.2, 0) is 4.79 Å². The summed E-state index contributed by atoms with van der Waals surface area (Å²) in [5.41, 5.74) is 0.320. The van der Waals surface area contributed by atoms with Gasteiger partial charge < -0.3 is 5.32 Å². The first kappa shape index (κ1) is 11.9. The quantitative estimate of drug-likeness (QED) is 0.831. The van der Waals surface area contributed by atoms with Gasteiger partial charge in [0.05, 0.1) is 0 Å². The first-order valence-electron chi connectivity index (χ1n) is 4.60. The van der Waals surface area contributed by atoms with Gasteiger partial charge in [0, 0.05) is 19.7 Å². The molecule has 1 aromatic rings. The van der Waals surface area contributed by atoms with Gasteiger partial charge in [-0.05, 0) is 11.6 Å². The van der Waals surface area contributed by atoms with Crippen LogP contribution in [0.4, 0.5) is 4.39 Å². The Morgan fingerprint density at radius 3 is 3.06 bits per heavy atom. The van der Waals surface area contributed by atoms with E-state index in [1.807, 2.05) is 0 Å². The van der Waals surface area contributed by atoms with Crippen LogP contribution in [0.2, 0.25) is 0 Å². The van der Waals surface area contributed by atoms with Crippen LogP contribution in [0.25, 0.3) is 6.08 Å². The molecule has 1 aromatic heterocycles. The highest BCUT2D eigenvalue weighted by molar-refractivity contribution is 5.73. The highest BCUT2D eigenvalue weighted by Gasteiger charge is 2.01. The van der Waals surface area contributed by atoms with Gasteiger partial charge >= 0.3 is 0 Å². The predicted molar refractivity (Wildman–Crippen MR) is 56.6 cm³/mol. The molecule has 0 aromatic carbocycles. The van der Waals surface area contributed by atoms with Gasteiger partial charge in [0.15, 0.2) is 11.5 Å². The highest BCUT2D eigenvalue weighted by atomic mass is 19.1. The van der Waals surface area contributed by atoms with E-state index in [1.54, 1.807) is 18.2 Å². The molecule has 0 spiro atoms. The van der Waals surface area contributed by atoms with Gasteiger partial charge in [0.25, 0.3) is 0 Å². The fraction of sp³-hybridized carbons (Fsp3) is 0.182. The minimum atomic E-state index is -0.649. The van der Waals surface area contributed by atoms with E-state index in [-0.39, 0.29) is 11.6 Å². The van der Waals surface area contributed by atoms with E-state index in [4.69, 9.17) is 5.26 Å². The Hall–Kier alpha value is -2.22. The second kappa shape index (κ2) is 5.61. The molecule has 0 aliphatic carbocycles. The Bertz CT molecular complexity index is 463. The molecule has 1 N–H and O–H groups in total. The maximum Gasteiger partial charge on any atom is 0.217 e. The highest BCUT2D eigenvalue weighted by Crippen LogP contribution is 2.07. The molecule has 4 nitrogen and oxygen atoms in total. The molecule has 1 amide bonds. The standard InChI is InChI=1S/C11H10FN3O/c1-8(16)14-4-2-3-9-5-10(12)11(6-13)15-7-9/h2-3,5,7H,4H2,1H3,(H,14,16). The molecular weight excluding hydrogens is 209 g/mol. The van der Waals surface area contributed by atoms with E-state index in [1.165, 1.54) is 19.2 Å². The lowest BCUT2D eigenvalue weighted by Gasteiger charge is -1.96. The fourth-order valence-corrected chi connectivity index (χ4v) is 1.02. The van der Waals surface area contributed by atoms with Crippen molar-refractivity contribution >= 4 is 12.0 Å². The van der Waals surface area contributed by atoms with Crippen LogP contribution < -0.4 is 5.32 Å². The number of nitriles is 1. The van der Waals surface area contributed by atoms with Crippen LogP contribution >= 0.6 is 0 Å². The lowest BCUT2D eigenvalue weighted by atomic mass is 10.2. The first-order chi connectivity index (χ1) is 7.63. The van der Waals surface area contributed by atoms with Crippen molar-refractivity contribution in [3.05, 3.63) is 35.4 Å². The number of hydrogen-bond acceptors (Lipinski definition) is 3. The van der Waals surface area contributed by atoms with E-state index < -0.39 is 5.82 Å². The smallest absolute Gasteiger partial charge is 0.217 e. The maximum absolute atomic E-state index is 13.1. The number of pyridine rings is 1. The molecule has 0 radical (unpaired) electrons. The van der Waals surface area contributed by atoms with Crippen LogP contribution in [0.3, 0.4) is 0 Å². The van der Waals surface area contributed by atoms with Crippen molar-refractivity contribution in [1.29, 1.82) is 5.26 Å². The third-order valence-corrected chi connectivity index (χ3v) is 1.75. The SMILES string of the molecule is CC(=O)NCC=Cc1cnc(C#N)c(F)c1. The average Bonchev–Trinajstić information content (AvgIpc) is 2.24. The summed E-state index contributed by atoms with van der Waals surface area (Å²) in [6.45, 7) is 1.79. The van der Waals surface area contributed by atoms with Crippen LogP contribution in [0.1, 0.15) is 18.2 Å². The van der Waals surface area contributed by atoms with Crippen LogP contribution in [0, 0.1) is 17.1 Å². The number of halogens is 1. The van der Waals surface area contributed by atoms with E-state index in [9.17, 15) is 9.18 Å². The molecule has 0 aliphatic rings. The largest absolute Gasteiger partial charge is 0.353 e. The van der Waals surface area contributed by atoms with Crippen LogP contribution in [0.15, 0.2) is 18.3 Å². The summed E-state index contributed by atoms with van der Waals surface area (Å²) in [5, 5.41) is 11.0. The Morgan fingerprint density at radius 1 is 1.75 bits per heavy atom. The Morgan fingerprint density at radius 2 is 2.50 bits per heavy atom. The molecule has 82 valence electrons. The molecular formula is C11H10FN3O. The van der Waals surface area contributed by atoms with E-state index in [2.05, 4.69) is 10.3 Å². The zero-order valence-electron chi connectivity index (χ0n) is 8.70. The van der Waals surface area contributed by atoms with Gasteiger partial charge in [0.1, 0.15) is 6.07 Å². The predicted octanol–water partition coefficient (Wildman–Crippen LogP) is 1.24. The number of carbonyl (C=O) groups excluding carboxylic acids is 1. The monoisotopic (exact) mass is 219 g/mol. The summed E-state index contributed by atoms with van der Waals surface area (Å²) < 4.78 is 13.1. The summed E-state index contributed by atoms with van der Waals surface area (Å²) >= 11 is 0. The van der Waals surface area contributed by atoms with Crippen molar-refractivity contribution in [1.82, 2.24) is 10.3 Å². The molecule has 0 unspecified atom stereocenters. The van der Waals surface area contributed by atoms with E-state index in [0.29, 0.717) is 12.1 Å². The van der Waals surface area contributed by atoms with Gasteiger partial charge in [-0.15, -0.1) is 0 Å². The minimum absolute atomic E-state index is 0.131. The number of aromatic nitrogens is 1.